The standard InChI is InChI=1S/C14H12F3NO7S2/c15-14(16,17)26(19,20)18-27(21,22)25-10-5-9-3-1-2-4-12(9)13(6-10)24-8-11-7-23-11/h1-6,11,18H,7-8H2. The average Bonchev–Trinajstić information content (AvgIpc) is 3.34. The molecule has 2 aromatic rings. The second-order valence-corrected chi connectivity index (χ2v) is 8.69. The summed E-state index contributed by atoms with van der Waals surface area (Å²) >= 11 is 0. The Balaban J connectivity index is 1.89. The molecule has 13 heteroatoms. The average molecular weight is 427 g/mol. The summed E-state index contributed by atoms with van der Waals surface area (Å²) in [5, 5.41) is 1.06. The Hall–Kier alpha value is -2.09. The molecule has 1 atom stereocenters. The first-order valence-corrected chi connectivity index (χ1v) is 10.2. The molecular formula is C14H12F3NO7S2. The molecule has 1 aliphatic rings. The van der Waals surface area contributed by atoms with Crippen molar-refractivity contribution < 1.29 is 43.7 Å². The number of ether oxygens (including phenoxy) is 2. The Morgan fingerprint density at radius 2 is 1.81 bits per heavy atom. The summed E-state index contributed by atoms with van der Waals surface area (Å²) in [4.78, 5) is 0. The summed E-state index contributed by atoms with van der Waals surface area (Å²) in [6.07, 6.45) is -0.101. The molecule has 0 radical (unpaired) electrons. The van der Waals surface area contributed by atoms with Gasteiger partial charge in [0.1, 0.15) is 24.2 Å². The Labute approximate surface area is 152 Å². The van der Waals surface area contributed by atoms with E-state index in [1.165, 1.54) is 6.07 Å². The van der Waals surface area contributed by atoms with E-state index in [0.29, 0.717) is 21.5 Å². The zero-order valence-corrected chi connectivity index (χ0v) is 14.9. The summed E-state index contributed by atoms with van der Waals surface area (Å²) in [5.41, 5.74) is -5.81. The van der Waals surface area contributed by atoms with Gasteiger partial charge >= 0.3 is 25.8 Å². The molecule has 0 saturated carbocycles. The fourth-order valence-electron chi connectivity index (χ4n) is 2.09. The zero-order chi connectivity index (χ0) is 19.9. The molecule has 1 N–H and O–H groups in total. The maximum atomic E-state index is 12.4. The minimum absolute atomic E-state index is 0.101. The smallest absolute Gasteiger partial charge is 0.490 e. The van der Waals surface area contributed by atoms with E-state index in [9.17, 15) is 30.0 Å². The summed E-state index contributed by atoms with van der Waals surface area (Å²) in [5.74, 6) is -0.224. The molecule has 27 heavy (non-hydrogen) atoms. The molecule has 0 aliphatic carbocycles. The number of hydrogen-bond acceptors (Lipinski definition) is 7. The van der Waals surface area contributed by atoms with Crippen LogP contribution in [0.25, 0.3) is 10.8 Å². The molecule has 1 heterocycles. The van der Waals surface area contributed by atoms with Crippen molar-refractivity contribution in [3.05, 3.63) is 36.4 Å². The lowest BCUT2D eigenvalue weighted by atomic mass is 10.1. The number of benzene rings is 2. The minimum atomic E-state index is -6.15. The predicted octanol–water partition coefficient (Wildman–Crippen LogP) is 1.68. The van der Waals surface area contributed by atoms with Gasteiger partial charge in [0.05, 0.1) is 6.61 Å². The molecule has 0 bridgehead atoms. The maximum absolute atomic E-state index is 12.4. The molecule has 148 valence electrons. The number of halogens is 3. The Morgan fingerprint density at radius 3 is 2.44 bits per heavy atom. The molecule has 1 fully saturated rings. The van der Waals surface area contributed by atoms with Crippen LogP contribution in [0.15, 0.2) is 36.4 Å². The number of nitrogens with one attached hydrogen (secondary N) is 1. The van der Waals surface area contributed by atoms with Crippen LogP contribution in [-0.4, -0.2) is 41.7 Å². The normalized spacial score (nSPS) is 17.7. The van der Waals surface area contributed by atoms with Crippen molar-refractivity contribution >= 4 is 31.1 Å². The fourth-order valence-corrected chi connectivity index (χ4v) is 4.03. The highest BCUT2D eigenvalue weighted by molar-refractivity contribution is 8.03. The molecule has 2 aromatic carbocycles. The van der Waals surface area contributed by atoms with Gasteiger partial charge in [-0.15, -0.1) is 0 Å². The van der Waals surface area contributed by atoms with E-state index in [0.717, 1.165) is 6.07 Å². The molecule has 8 nitrogen and oxygen atoms in total. The van der Waals surface area contributed by atoms with Crippen LogP contribution in [0.1, 0.15) is 0 Å². The van der Waals surface area contributed by atoms with Gasteiger partial charge in [-0.25, -0.2) is 8.42 Å². The van der Waals surface area contributed by atoms with Gasteiger partial charge < -0.3 is 13.7 Å². The van der Waals surface area contributed by atoms with E-state index in [1.54, 1.807) is 24.3 Å². The third-order valence-electron chi connectivity index (χ3n) is 3.35. The quantitative estimate of drug-likeness (QED) is 0.669. The highest BCUT2D eigenvalue weighted by Gasteiger charge is 2.48. The van der Waals surface area contributed by atoms with Gasteiger partial charge in [0.2, 0.25) is 0 Å². The molecule has 1 saturated heterocycles. The van der Waals surface area contributed by atoms with Crippen LogP contribution in [0, 0.1) is 0 Å². The molecule has 3 rings (SSSR count). The zero-order valence-electron chi connectivity index (χ0n) is 13.3. The van der Waals surface area contributed by atoms with Gasteiger partial charge in [-0.3, -0.25) is 0 Å². The van der Waals surface area contributed by atoms with Crippen molar-refractivity contribution in [2.75, 3.05) is 13.2 Å². The first-order chi connectivity index (χ1) is 12.5. The molecule has 0 aromatic heterocycles. The van der Waals surface area contributed by atoms with Crippen molar-refractivity contribution in [2.24, 2.45) is 0 Å². The van der Waals surface area contributed by atoms with Crippen molar-refractivity contribution in [3.8, 4) is 11.5 Å². The number of alkyl halides is 3. The second-order valence-electron chi connectivity index (χ2n) is 5.48. The maximum Gasteiger partial charge on any atom is 0.512 e. The van der Waals surface area contributed by atoms with Crippen LogP contribution in [-0.2, 0) is 25.1 Å². The highest BCUT2D eigenvalue weighted by Crippen LogP contribution is 2.32. The van der Waals surface area contributed by atoms with E-state index in [-0.39, 0.29) is 18.5 Å². The van der Waals surface area contributed by atoms with Gasteiger partial charge in [-0.05, 0) is 11.5 Å². The van der Waals surface area contributed by atoms with Gasteiger partial charge in [-0.1, -0.05) is 28.4 Å². The van der Waals surface area contributed by atoms with E-state index < -0.39 is 31.6 Å². The number of hydrogen-bond donors (Lipinski definition) is 1. The monoisotopic (exact) mass is 427 g/mol. The SMILES string of the molecule is O=S(=O)(NS(=O)(=O)C(F)(F)F)Oc1cc(OCC2CO2)c2ccccc2c1. The summed E-state index contributed by atoms with van der Waals surface area (Å²) in [6, 6.07) is 8.97. The van der Waals surface area contributed by atoms with Gasteiger partial charge in [0, 0.05) is 11.5 Å². The van der Waals surface area contributed by atoms with Crippen molar-refractivity contribution in [2.45, 2.75) is 11.6 Å². The van der Waals surface area contributed by atoms with Crippen molar-refractivity contribution in [1.82, 2.24) is 4.13 Å². The lowest BCUT2D eigenvalue weighted by Crippen LogP contribution is -2.42. The van der Waals surface area contributed by atoms with Crippen LogP contribution < -0.4 is 13.0 Å². The van der Waals surface area contributed by atoms with Crippen molar-refractivity contribution in [1.29, 1.82) is 0 Å². The molecule has 1 unspecified atom stereocenters. The number of rotatable bonds is 7. The minimum Gasteiger partial charge on any atom is -0.490 e. The van der Waals surface area contributed by atoms with Gasteiger partial charge in [0.15, 0.2) is 0 Å². The Kier molecular flexibility index (Phi) is 4.96. The third-order valence-corrected chi connectivity index (χ3v) is 6.06. The number of epoxide rings is 1. The second kappa shape index (κ2) is 6.82. The van der Waals surface area contributed by atoms with Crippen LogP contribution in [0.5, 0.6) is 11.5 Å². The third kappa shape index (κ3) is 4.80. The molecular weight excluding hydrogens is 415 g/mol. The number of fused-ring (bicyclic) bond motifs is 1. The predicted molar refractivity (Wildman–Crippen MR) is 86.8 cm³/mol. The summed E-state index contributed by atoms with van der Waals surface area (Å²) in [7, 11) is -11.5. The van der Waals surface area contributed by atoms with E-state index in [4.69, 9.17) is 9.47 Å². The first kappa shape index (κ1) is 19.7. The topological polar surface area (TPSA) is 111 Å². The van der Waals surface area contributed by atoms with Crippen LogP contribution in [0.2, 0.25) is 0 Å². The molecule has 0 amide bonds. The van der Waals surface area contributed by atoms with Crippen LogP contribution >= 0.6 is 0 Å². The van der Waals surface area contributed by atoms with Crippen molar-refractivity contribution in [3.63, 3.8) is 0 Å². The fraction of sp³-hybridized carbons (Fsp3) is 0.286. The van der Waals surface area contributed by atoms with Crippen LogP contribution in [0.3, 0.4) is 0 Å². The van der Waals surface area contributed by atoms with Gasteiger partial charge in [-0.2, -0.15) is 21.6 Å². The number of sulfonamides is 1. The molecule has 1 aliphatic heterocycles. The Bertz CT molecular complexity index is 1060. The molecule has 0 spiro atoms. The van der Waals surface area contributed by atoms with Crippen LogP contribution in [0.4, 0.5) is 13.2 Å². The first-order valence-electron chi connectivity index (χ1n) is 7.28. The largest absolute Gasteiger partial charge is 0.512 e. The van der Waals surface area contributed by atoms with E-state index >= 15 is 0 Å². The summed E-state index contributed by atoms with van der Waals surface area (Å²) in [6.45, 7) is 0.697. The van der Waals surface area contributed by atoms with Gasteiger partial charge in [0.25, 0.3) is 0 Å². The highest BCUT2D eigenvalue weighted by atomic mass is 32.3. The summed E-state index contributed by atoms with van der Waals surface area (Å²) < 4.78 is 98.0. The lowest BCUT2D eigenvalue weighted by Gasteiger charge is -2.13. The Morgan fingerprint density at radius 1 is 1.15 bits per heavy atom. The lowest BCUT2D eigenvalue weighted by molar-refractivity contribution is -0.0442. The van der Waals surface area contributed by atoms with E-state index in [2.05, 4.69) is 4.18 Å². The van der Waals surface area contributed by atoms with E-state index in [1.807, 2.05) is 0 Å².